The van der Waals surface area contributed by atoms with Crippen molar-refractivity contribution < 1.29 is 9.53 Å². The van der Waals surface area contributed by atoms with E-state index in [1.807, 2.05) is 36.4 Å². The second-order valence-electron chi connectivity index (χ2n) is 7.38. The maximum absolute atomic E-state index is 12.5. The van der Waals surface area contributed by atoms with Gasteiger partial charge in [-0.1, -0.05) is 54.1 Å². The second kappa shape index (κ2) is 9.68. The van der Waals surface area contributed by atoms with Crippen LogP contribution in [-0.4, -0.2) is 25.5 Å². The van der Waals surface area contributed by atoms with Crippen molar-refractivity contribution in [2.75, 3.05) is 24.5 Å². The van der Waals surface area contributed by atoms with Gasteiger partial charge in [0.25, 0.3) is 5.91 Å². The molecule has 0 atom stereocenters. The molecule has 0 radical (unpaired) electrons. The number of nitrogens with one attached hydrogen (secondary N) is 1. The molecule has 30 heavy (non-hydrogen) atoms. The van der Waals surface area contributed by atoms with Crippen molar-refractivity contribution in [1.29, 1.82) is 0 Å². The van der Waals surface area contributed by atoms with Crippen molar-refractivity contribution in [3.8, 4) is 5.75 Å². The molecule has 1 aliphatic heterocycles. The Morgan fingerprint density at radius 1 is 1.03 bits per heavy atom. The third-order valence-electron chi connectivity index (χ3n) is 5.32. The maximum atomic E-state index is 12.5. The highest BCUT2D eigenvalue weighted by Crippen LogP contribution is 2.27. The van der Waals surface area contributed by atoms with Crippen molar-refractivity contribution >= 4 is 23.2 Å². The van der Waals surface area contributed by atoms with Gasteiger partial charge in [0.1, 0.15) is 12.4 Å². The predicted octanol–water partition coefficient (Wildman–Crippen LogP) is 5.10. The maximum Gasteiger partial charge on any atom is 0.251 e. The van der Waals surface area contributed by atoms with Gasteiger partial charge in [-0.15, -0.1) is 0 Å². The molecule has 5 heteroatoms. The van der Waals surface area contributed by atoms with E-state index < -0.39 is 0 Å². The molecule has 1 aliphatic rings. The Bertz CT molecular complexity index is 1020. The van der Waals surface area contributed by atoms with Gasteiger partial charge in [-0.3, -0.25) is 4.79 Å². The minimum absolute atomic E-state index is 0.0833. The molecule has 4 rings (SSSR count). The minimum Gasteiger partial charge on any atom is -0.489 e. The molecule has 3 aromatic rings. The summed E-state index contributed by atoms with van der Waals surface area (Å²) >= 11 is 6.17. The van der Waals surface area contributed by atoms with E-state index in [1.165, 1.54) is 11.3 Å². The summed E-state index contributed by atoms with van der Waals surface area (Å²) in [4.78, 5) is 14.9. The number of rotatable bonds is 8. The average Bonchev–Trinajstić information content (AvgIpc) is 3.19. The van der Waals surface area contributed by atoms with Gasteiger partial charge in [0, 0.05) is 41.5 Å². The van der Waals surface area contributed by atoms with Crippen LogP contribution in [0.2, 0.25) is 5.02 Å². The molecule has 154 valence electrons. The summed E-state index contributed by atoms with van der Waals surface area (Å²) in [5.74, 6) is 0.566. The van der Waals surface area contributed by atoms with Crippen LogP contribution in [0, 0.1) is 0 Å². The summed E-state index contributed by atoms with van der Waals surface area (Å²) in [6.07, 6.45) is 2.01. The largest absolute Gasteiger partial charge is 0.489 e. The highest BCUT2D eigenvalue weighted by molar-refractivity contribution is 6.31. The molecular formula is C25H25ClN2O2. The zero-order chi connectivity index (χ0) is 20.8. The normalized spacial score (nSPS) is 12.5. The van der Waals surface area contributed by atoms with E-state index in [0.717, 1.165) is 31.5 Å². The quantitative estimate of drug-likeness (QED) is 0.515. The lowest BCUT2D eigenvalue weighted by molar-refractivity contribution is 0.0953. The number of halogens is 1. The monoisotopic (exact) mass is 420 g/mol. The van der Waals surface area contributed by atoms with Gasteiger partial charge >= 0.3 is 0 Å². The average molecular weight is 421 g/mol. The van der Waals surface area contributed by atoms with Crippen LogP contribution in [0.25, 0.3) is 0 Å². The van der Waals surface area contributed by atoms with E-state index in [4.69, 9.17) is 16.3 Å². The van der Waals surface area contributed by atoms with Crippen LogP contribution >= 0.6 is 11.6 Å². The van der Waals surface area contributed by atoms with Gasteiger partial charge < -0.3 is 15.0 Å². The van der Waals surface area contributed by atoms with Gasteiger partial charge in [-0.2, -0.15) is 0 Å². The van der Waals surface area contributed by atoms with Crippen molar-refractivity contribution in [2.45, 2.75) is 19.4 Å². The van der Waals surface area contributed by atoms with Crippen LogP contribution in [0.4, 0.5) is 5.69 Å². The zero-order valence-electron chi connectivity index (χ0n) is 16.8. The molecule has 0 fully saturated rings. The third-order valence-corrected chi connectivity index (χ3v) is 5.69. The lowest BCUT2D eigenvalue weighted by Gasteiger charge is -2.19. The number of fused-ring (bicyclic) bond motifs is 1. The molecule has 0 saturated heterocycles. The smallest absolute Gasteiger partial charge is 0.251 e. The fourth-order valence-corrected chi connectivity index (χ4v) is 3.91. The van der Waals surface area contributed by atoms with E-state index in [0.29, 0.717) is 29.5 Å². The molecule has 1 amide bonds. The summed E-state index contributed by atoms with van der Waals surface area (Å²) in [6.45, 7) is 3.00. The van der Waals surface area contributed by atoms with Crippen molar-refractivity contribution in [2.24, 2.45) is 0 Å². The Morgan fingerprint density at radius 2 is 1.87 bits per heavy atom. The lowest BCUT2D eigenvalue weighted by Crippen LogP contribution is -2.29. The number of benzene rings is 3. The number of para-hydroxylation sites is 1. The zero-order valence-corrected chi connectivity index (χ0v) is 17.6. The standard InChI is InChI=1S/C25H25ClN2O2/c26-23-11-3-1-8-21(23)18-30-22-10-5-9-20(17-22)25(29)27-14-6-15-28-16-13-19-7-2-4-12-24(19)28/h1-5,7-12,17H,6,13-16,18H2,(H,27,29). The van der Waals surface area contributed by atoms with Crippen LogP contribution < -0.4 is 15.0 Å². The highest BCUT2D eigenvalue weighted by Gasteiger charge is 2.17. The summed E-state index contributed by atoms with van der Waals surface area (Å²) in [7, 11) is 0. The van der Waals surface area contributed by atoms with Crippen LogP contribution in [0.15, 0.2) is 72.8 Å². The molecular weight excluding hydrogens is 396 g/mol. The van der Waals surface area contributed by atoms with Crippen molar-refractivity contribution in [3.05, 3.63) is 94.5 Å². The number of carbonyl (C=O) groups excluding carboxylic acids is 1. The number of carbonyl (C=O) groups is 1. The molecule has 0 bridgehead atoms. The molecule has 3 aromatic carbocycles. The molecule has 4 nitrogen and oxygen atoms in total. The predicted molar refractivity (Wildman–Crippen MR) is 122 cm³/mol. The van der Waals surface area contributed by atoms with Gasteiger partial charge in [0.15, 0.2) is 0 Å². The fourth-order valence-electron chi connectivity index (χ4n) is 3.72. The number of hydrogen-bond acceptors (Lipinski definition) is 3. The van der Waals surface area contributed by atoms with Gasteiger partial charge in [-0.25, -0.2) is 0 Å². The molecule has 0 saturated carbocycles. The highest BCUT2D eigenvalue weighted by atomic mass is 35.5. The topological polar surface area (TPSA) is 41.6 Å². The van der Waals surface area contributed by atoms with Crippen LogP contribution in [0.3, 0.4) is 0 Å². The Morgan fingerprint density at radius 3 is 2.77 bits per heavy atom. The first-order chi connectivity index (χ1) is 14.7. The number of hydrogen-bond donors (Lipinski definition) is 1. The van der Waals surface area contributed by atoms with Gasteiger partial charge in [0.05, 0.1) is 0 Å². The fraction of sp³-hybridized carbons (Fsp3) is 0.240. The lowest BCUT2D eigenvalue weighted by atomic mass is 10.2. The molecule has 0 aliphatic carbocycles. The Balaban J connectivity index is 1.25. The molecule has 1 N–H and O–H groups in total. The second-order valence-corrected chi connectivity index (χ2v) is 7.79. The summed E-state index contributed by atoms with van der Waals surface area (Å²) < 4.78 is 5.82. The number of anilines is 1. The number of amides is 1. The Labute approximate surface area is 182 Å². The summed E-state index contributed by atoms with van der Waals surface area (Å²) in [5, 5.41) is 3.69. The SMILES string of the molecule is O=C(NCCCN1CCc2ccccc21)c1cccc(OCc2ccccc2Cl)c1. The first-order valence-corrected chi connectivity index (χ1v) is 10.7. The van der Waals surface area contributed by atoms with E-state index in [2.05, 4.69) is 34.5 Å². The van der Waals surface area contributed by atoms with E-state index in [-0.39, 0.29) is 5.91 Å². The van der Waals surface area contributed by atoms with Crippen molar-refractivity contribution in [1.82, 2.24) is 5.32 Å². The number of nitrogens with zero attached hydrogens (tertiary/aromatic N) is 1. The van der Waals surface area contributed by atoms with Crippen LogP contribution in [0.5, 0.6) is 5.75 Å². The van der Waals surface area contributed by atoms with Crippen molar-refractivity contribution in [3.63, 3.8) is 0 Å². The minimum atomic E-state index is -0.0833. The summed E-state index contributed by atoms with van der Waals surface area (Å²) in [5.41, 5.74) is 4.25. The molecule has 0 spiro atoms. The first kappa shape index (κ1) is 20.3. The molecule has 0 unspecified atom stereocenters. The number of ether oxygens (including phenoxy) is 1. The van der Waals surface area contributed by atoms with E-state index in [9.17, 15) is 4.79 Å². The molecule has 0 aromatic heterocycles. The first-order valence-electron chi connectivity index (χ1n) is 10.3. The van der Waals surface area contributed by atoms with E-state index >= 15 is 0 Å². The van der Waals surface area contributed by atoms with Crippen LogP contribution in [-0.2, 0) is 13.0 Å². The van der Waals surface area contributed by atoms with Gasteiger partial charge in [0.2, 0.25) is 0 Å². The Kier molecular flexibility index (Phi) is 6.55. The Hall–Kier alpha value is -2.98. The summed E-state index contributed by atoms with van der Waals surface area (Å²) in [6, 6.07) is 23.4. The third kappa shape index (κ3) is 4.95. The van der Waals surface area contributed by atoms with E-state index in [1.54, 1.807) is 12.1 Å². The van der Waals surface area contributed by atoms with Gasteiger partial charge in [-0.05, 0) is 48.7 Å². The van der Waals surface area contributed by atoms with Crippen LogP contribution in [0.1, 0.15) is 27.9 Å². The molecule has 1 heterocycles.